The van der Waals surface area contributed by atoms with Gasteiger partial charge in [0, 0.05) is 23.4 Å². The molecule has 3 aromatic rings. The molecule has 0 aliphatic carbocycles. The van der Waals surface area contributed by atoms with Crippen molar-refractivity contribution < 1.29 is 22.8 Å². The Morgan fingerprint density at radius 2 is 1.72 bits per heavy atom. The Bertz CT molecular complexity index is 960. The Hall–Kier alpha value is -3.09. The van der Waals surface area contributed by atoms with Gasteiger partial charge in [-0.1, -0.05) is 30.3 Å². The lowest BCUT2D eigenvalue weighted by Crippen LogP contribution is -2.09. The molecule has 0 radical (unpaired) electrons. The number of anilines is 1. The summed E-state index contributed by atoms with van der Waals surface area (Å²) in [4.78, 5) is 26.5. The van der Waals surface area contributed by atoms with Gasteiger partial charge in [-0.05, 0) is 18.2 Å². The van der Waals surface area contributed by atoms with Crippen LogP contribution in [0.2, 0.25) is 0 Å². The topological polar surface area (TPSA) is 62.0 Å². The molecule has 0 saturated carbocycles. The van der Waals surface area contributed by atoms with Gasteiger partial charge in [-0.15, -0.1) is 0 Å². The predicted molar refractivity (Wildman–Crippen MR) is 87.5 cm³/mol. The zero-order valence-corrected chi connectivity index (χ0v) is 13.1. The summed E-state index contributed by atoms with van der Waals surface area (Å²) in [5, 5.41) is 2.72. The Balaban J connectivity index is 2.15. The summed E-state index contributed by atoms with van der Waals surface area (Å²) in [6.07, 6.45) is -4.57. The number of ketones is 1. The van der Waals surface area contributed by atoms with E-state index in [0.29, 0.717) is 10.9 Å². The van der Waals surface area contributed by atoms with Crippen molar-refractivity contribution in [3.05, 3.63) is 65.4 Å². The van der Waals surface area contributed by atoms with Crippen molar-refractivity contribution in [3.8, 4) is 0 Å². The molecule has 3 rings (SSSR count). The van der Waals surface area contributed by atoms with E-state index in [4.69, 9.17) is 0 Å². The highest BCUT2D eigenvalue weighted by Crippen LogP contribution is 2.35. The first kappa shape index (κ1) is 16.8. The summed E-state index contributed by atoms with van der Waals surface area (Å²) in [5.74, 6) is -0.850. The first-order chi connectivity index (χ1) is 11.8. The minimum absolute atomic E-state index is 0.000636. The molecule has 25 heavy (non-hydrogen) atoms. The Morgan fingerprint density at radius 3 is 2.32 bits per heavy atom. The standard InChI is InChI=1S/C18H13F3N2O2/c1-10(24)22-14-7-12(18(19,20)21)8-15-13(14)9-16(23-15)17(25)11-5-3-2-4-6-11/h2-9,23H,1H3,(H,22,24). The molecular weight excluding hydrogens is 333 g/mol. The van der Waals surface area contributed by atoms with E-state index in [9.17, 15) is 22.8 Å². The van der Waals surface area contributed by atoms with Crippen molar-refractivity contribution in [2.45, 2.75) is 13.1 Å². The fraction of sp³-hybridized carbons (Fsp3) is 0.111. The normalized spacial score (nSPS) is 11.5. The molecular formula is C18H13F3N2O2. The van der Waals surface area contributed by atoms with Gasteiger partial charge < -0.3 is 10.3 Å². The van der Waals surface area contributed by atoms with E-state index < -0.39 is 17.6 Å². The summed E-state index contributed by atoms with van der Waals surface area (Å²) in [6, 6.07) is 11.6. The van der Waals surface area contributed by atoms with Crippen LogP contribution < -0.4 is 5.32 Å². The SMILES string of the molecule is CC(=O)Nc1cc(C(F)(F)F)cc2[nH]c(C(=O)c3ccccc3)cc12. The fourth-order valence-corrected chi connectivity index (χ4v) is 2.56. The van der Waals surface area contributed by atoms with E-state index in [2.05, 4.69) is 10.3 Å². The third kappa shape index (κ3) is 3.40. The number of hydrogen-bond acceptors (Lipinski definition) is 2. The first-order valence-electron chi connectivity index (χ1n) is 7.37. The van der Waals surface area contributed by atoms with Crippen molar-refractivity contribution >= 4 is 28.3 Å². The molecule has 128 valence electrons. The number of carbonyl (C=O) groups is 2. The third-order valence-corrected chi connectivity index (χ3v) is 3.66. The predicted octanol–water partition coefficient (Wildman–Crippen LogP) is 4.38. The van der Waals surface area contributed by atoms with Crippen LogP contribution in [0, 0.1) is 0 Å². The second kappa shape index (κ2) is 6.08. The quantitative estimate of drug-likeness (QED) is 0.692. The second-order valence-corrected chi connectivity index (χ2v) is 5.54. The molecule has 0 fully saturated rings. The average molecular weight is 346 g/mol. The molecule has 1 amide bonds. The molecule has 7 heteroatoms. The number of fused-ring (bicyclic) bond motifs is 1. The largest absolute Gasteiger partial charge is 0.416 e. The summed E-state index contributed by atoms with van der Waals surface area (Å²) in [7, 11) is 0. The van der Waals surface area contributed by atoms with Crippen molar-refractivity contribution in [2.75, 3.05) is 5.32 Å². The molecule has 0 spiro atoms. The number of rotatable bonds is 3. The van der Waals surface area contributed by atoms with Crippen molar-refractivity contribution in [1.29, 1.82) is 0 Å². The van der Waals surface area contributed by atoms with Gasteiger partial charge in [-0.25, -0.2) is 0 Å². The smallest absolute Gasteiger partial charge is 0.352 e. The lowest BCUT2D eigenvalue weighted by atomic mass is 10.1. The fourth-order valence-electron chi connectivity index (χ4n) is 2.56. The lowest BCUT2D eigenvalue weighted by Gasteiger charge is -2.10. The van der Waals surface area contributed by atoms with Gasteiger partial charge >= 0.3 is 6.18 Å². The Labute approximate surface area is 140 Å². The summed E-state index contributed by atoms with van der Waals surface area (Å²) >= 11 is 0. The van der Waals surface area contributed by atoms with E-state index in [-0.39, 0.29) is 22.7 Å². The molecule has 0 atom stereocenters. The van der Waals surface area contributed by atoms with Crippen LogP contribution in [0.1, 0.15) is 28.5 Å². The van der Waals surface area contributed by atoms with E-state index >= 15 is 0 Å². The number of aromatic nitrogens is 1. The number of aromatic amines is 1. The number of H-pyrrole nitrogens is 1. The maximum atomic E-state index is 13.1. The maximum Gasteiger partial charge on any atom is 0.416 e. The zero-order valence-electron chi connectivity index (χ0n) is 13.1. The van der Waals surface area contributed by atoms with Crippen LogP contribution in [0.15, 0.2) is 48.5 Å². The number of amides is 1. The number of alkyl halides is 3. The van der Waals surface area contributed by atoms with Crippen LogP contribution >= 0.6 is 0 Å². The molecule has 0 aliphatic heterocycles. The molecule has 0 unspecified atom stereocenters. The highest BCUT2D eigenvalue weighted by atomic mass is 19.4. The van der Waals surface area contributed by atoms with Crippen LogP contribution in [0.5, 0.6) is 0 Å². The molecule has 0 bridgehead atoms. The molecule has 4 nitrogen and oxygen atoms in total. The van der Waals surface area contributed by atoms with Crippen LogP contribution in [-0.2, 0) is 11.0 Å². The molecule has 2 N–H and O–H groups in total. The Morgan fingerprint density at radius 1 is 1.04 bits per heavy atom. The van der Waals surface area contributed by atoms with Gasteiger partial charge in [0.2, 0.25) is 11.7 Å². The highest BCUT2D eigenvalue weighted by Gasteiger charge is 2.32. The Kier molecular flexibility index (Phi) is 4.08. The number of nitrogens with one attached hydrogen (secondary N) is 2. The summed E-state index contributed by atoms with van der Waals surface area (Å²) < 4.78 is 39.2. The minimum atomic E-state index is -4.57. The summed E-state index contributed by atoms with van der Waals surface area (Å²) in [6.45, 7) is 1.20. The van der Waals surface area contributed by atoms with Gasteiger partial charge in [0.1, 0.15) is 0 Å². The second-order valence-electron chi connectivity index (χ2n) is 5.54. The zero-order chi connectivity index (χ0) is 18.2. The number of benzene rings is 2. The van der Waals surface area contributed by atoms with Crippen molar-refractivity contribution in [3.63, 3.8) is 0 Å². The van der Waals surface area contributed by atoms with E-state index in [0.717, 1.165) is 12.1 Å². The maximum absolute atomic E-state index is 13.1. The van der Waals surface area contributed by atoms with Crippen molar-refractivity contribution in [2.24, 2.45) is 0 Å². The van der Waals surface area contributed by atoms with E-state index in [1.165, 1.54) is 13.0 Å². The highest BCUT2D eigenvalue weighted by molar-refractivity contribution is 6.12. The van der Waals surface area contributed by atoms with Gasteiger partial charge in [-0.2, -0.15) is 13.2 Å². The summed E-state index contributed by atoms with van der Waals surface area (Å²) in [5.41, 5.74) is -0.235. The molecule has 2 aromatic carbocycles. The number of carbonyl (C=O) groups excluding carboxylic acids is 2. The van der Waals surface area contributed by atoms with Crippen LogP contribution in [-0.4, -0.2) is 16.7 Å². The van der Waals surface area contributed by atoms with E-state index in [1.807, 2.05) is 0 Å². The van der Waals surface area contributed by atoms with Gasteiger partial charge in [0.15, 0.2) is 0 Å². The van der Waals surface area contributed by atoms with Crippen LogP contribution in [0.4, 0.5) is 18.9 Å². The molecule has 1 aromatic heterocycles. The van der Waals surface area contributed by atoms with Gasteiger partial charge in [-0.3, -0.25) is 9.59 Å². The number of halogens is 3. The third-order valence-electron chi connectivity index (χ3n) is 3.66. The number of hydrogen-bond donors (Lipinski definition) is 2. The average Bonchev–Trinajstić information content (AvgIpc) is 2.98. The molecule has 1 heterocycles. The minimum Gasteiger partial charge on any atom is -0.352 e. The van der Waals surface area contributed by atoms with Gasteiger partial charge in [0.25, 0.3) is 0 Å². The monoisotopic (exact) mass is 346 g/mol. The van der Waals surface area contributed by atoms with Crippen molar-refractivity contribution in [1.82, 2.24) is 4.98 Å². The van der Waals surface area contributed by atoms with Crippen LogP contribution in [0.3, 0.4) is 0 Å². The molecule has 0 aliphatic rings. The van der Waals surface area contributed by atoms with Crippen LogP contribution in [0.25, 0.3) is 10.9 Å². The first-order valence-corrected chi connectivity index (χ1v) is 7.37. The lowest BCUT2D eigenvalue weighted by molar-refractivity contribution is -0.137. The van der Waals surface area contributed by atoms with Gasteiger partial charge in [0.05, 0.1) is 16.9 Å². The van der Waals surface area contributed by atoms with E-state index in [1.54, 1.807) is 30.3 Å². The molecule has 0 saturated heterocycles.